The number of carbonyl (C=O) groups excluding carboxylic acids is 1. The average molecular weight is 264 g/mol. The molecule has 0 aliphatic heterocycles. The maximum absolute atomic E-state index is 11.7. The lowest BCUT2D eigenvalue weighted by Gasteiger charge is -2.03. The fourth-order valence-corrected chi connectivity index (χ4v) is 1.41. The number of fused-ring (bicyclic) bond motifs is 1. The van der Waals surface area contributed by atoms with Crippen molar-refractivity contribution in [3.05, 3.63) is 28.6 Å². The summed E-state index contributed by atoms with van der Waals surface area (Å²) in [4.78, 5) is 37.0. The van der Waals surface area contributed by atoms with E-state index in [9.17, 15) is 9.59 Å². The van der Waals surface area contributed by atoms with Crippen LogP contribution in [0.5, 0.6) is 0 Å². The molecule has 0 atom stereocenters. The number of methoxy groups -OCH3 is 1. The number of hydrogen-bond donors (Lipinski definition) is 1. The molecule has 0 aliphatic rings. The van der Waals surface area contributed by atoms with Gasteiger partial charge in [-0.3, -0.25) is 9.59 Å². The van der Waals surface area contributed by atoms with Crippen molar-refractivity contribution in [3.8, 4) is 0 Å². The van der Waals surface area contributed by atoms with Crippen LogP contribution in [0.4, 0.5) is 0 Å². The summed E-state index contributed by atoms with van der Waals surface area (Å²) in [6.45, 7) is 0.271. The van der Waals surface area contributed by atoms with Gasteiger partial charge in [-0.1, -0.05) is 0 Å². The van der Waals surface area contributed by atoms with Crippen LogP contribution in [-0.2, 0) is 20.9 Å². The Labute approximate surface area is 107 Å². The van der Waals surface area contributed by atoms with Gasteiger partial charge in [-0.2, -0.15) is 0 Å². The molecule has 0 radical (unpaired) electrons. The Bertz CT molecular complexity index is 640. The number of hydrogen-bond acceptors (Lipinski definition) is 7. The molecule has 0 spiro atoms. The third kappa shape index (κ3) is 3.32. The minimum absolute atomic E-state index is 0.0821. The first-order valence-corrected chi connectivity index (χ1v) is 5.55. The van der Waals surface area contributed by atoms with Crippen LogP contribution in [0.15, 0.2) is 17.2 Å². The molecule has 0 saturated heterocycles. The lowest BCUT2D eigenvalue weighted by molar-refractivity contribution is -0.141. The Morgan fingerprint density at radius 1 is 1.37 bits per heavy atom. The van der Waals surface area contributed by atoms with Crippen LogP contribution in [0.2, 0.25) is 0 Å². The van der Waals surface area contributed by atoms with Gasteiger partial charge < -0.3 is 14.5 Å². The molecule has 100 valence electrons. The van der Waals surface area contributed by atoms with E-state index in [1.807, 2.05) is 0 Å². The molecule has 2 heterocycles. The summed E-state index contributed by atoms with van der Waals surface area (Å²) in [5.41, 5.74) is 0.0725. The molecule has 0 aromatic carbocycles. The summed E-state index contributed by atoms with van der Waals surface area (Å²) < 4.78 is 9.68. The summed E-state index contributed by atoms with van der Waals surface area (Å²) in [6.07, 6.45) is 3.02. The van der Waals surface area contributed by atoms with E-state index in [1.165, 1.54) is 19.5 Å². The molecule has 0 unspecified atom stereocenters. The van der Waals surface area contributed by atoms with Gasteiger partial charge in [0.15, 0.2) is 11.2 Å². The predicted molar refractivity (Wildman–Crippen MR) is 64.2 cm³/mol. The maximum Gasteiger partial charge on any atom is 0.307 e. The van der Waals surface area contributed by atoms with E-state index in [0.29, 0.717) is 5.82 Å². The van der Waals surface area contributed by atoms with E-state index in [2.05, 4.69) is 24.7 Å². The highest BCUT2D eigenvalue weighted by Crippen LogP contribution is 2.00. The van der Waals surface area contributed by atoms with E-state index < -0.39 is 0 Å². The molecule has 1 N–H and O–H groups in total. The molecule has 8 nitrogen and oxygen atoms in total. The second kappa shape index (κ2) is 6.01. The van der Waals surface area contributed by atoms with Crippen LogP contribution in [0.25, 0.3) is 11.2 Å². The minimum Gasteiger partial charge on any atom is -0.469 e. The first kappa shape index (κ1) is 13.1. The summed E-state index contributed by atoms with van der Waals surface area (Å²) in [6, 6.07) is 0. The summed E-state index contributed by atoms with van der Waals surface area (Å²) in [5, 5.41) is 0. The van der Waals surface area contributed by atoms with Gasteiger partial charge in [0.05, 0.1) is 20.1 Å². The minimum atomic E-state index is -0.371. The summed E-state index contributed by atoms with van der Waals surface area (Å²) in [7, 11) is 1.31. The molecule has 0 aliphatic carbocycles. The lowest BCUT2D eigenvalue weighted by atomic mass is 10.4. The van der Waals surface area contributed by atoms with Crippen molar-refractivity contribution < 1.29 is 14.3 Å². The van der Waals surface area contributed by atoms with Crippen LogP contribution in [0.1, 0.15) is 12.2 Å². The third-order valence-corrected chi connectivity index (χ3v) is 2.31. The number of H-pyrrole nitrogens is 1. The van der Waals surface area contributed by atoms with Gasteiger partial charge >= 0.3 is 5.97 Å². The molecule has 2 aromatic rings. The maximum atomic E-state index is 11.7. The van der Waals surface area contributed by atoms with Crippen molar-refractivity contribution in [2.75, 3.05) is 13.7 Å². The van der Waals surface area contributed by atoms with Crippen molar-refractivity contribution in [3.63, 3.8) is 0 Å². The van der Waals surface area contributed by atoms with Gasteiger partial charge in [-0.15, -0.1) is 0 Å². The van der Waals surface area contributed by atoms with Gasteiger partial charge in [0.1, 0.15) is 12.4 Å². The van der Waals surface area contributed by atoms with Gasteiger partial charge in [-0.25, -0.2) is 15.0 Å². The Balaban J connectivity index is 2.02. The highest BCUT2D eigenvalue weighted by Gasteiger charge is 2.06. The number of nitrogens with one attached hydrogen (secondary N) is 1. The van der Waals surface area contributed by atoms with Gasteiger partial charge in [0.2, 0.25) is 0 Å². The zero-order chi connectivity index (χ0) is 13.7. The SMILES string of the molecule is COC(=O)CCOCc1nc2nccnc2c(=O)[nH]1. The zero-order valence-corrected chi connectivity index (χ0v) is 10.3. The molecular weight excluding hydrogens is 252 g/mol. The van der Waals surface area contributed by atoms with E-state index in [-0.39, 0.29) is 42.3 Å². The molecular formula is C11H12N4O4. The monoisotopic (exact) mass is 264 g/mol. The second-order valence-corrected chi connectivity index (χ2v) is 3.62. The Hall–Kier alpha value is -2.35. The van der Waals surface area contributed by atoms with Crippen LogP contribution in [0.3, 0.4) is 0 Å². The van der Waals surface area contributed by atoms with Gasteiger partial charge in [0.25, 0.3) is 5.56 Å². The molecule has 0 bridgehead atoms. The number of aromatic nitrogens is 4. The molecule has 2 aromatic heterocycles. The van der Waals surface area contributed by atoms with Gasteiger partial charge in [-0.05, 0) is 0 Å². The Morgan fingerprint density at radius 2 is 2.16 bits per heavy atom. The normalized spacial score (nSPS) is 10.6. The molecule has 19 heavy (non-hydrogen) atoms. The molecule has 0 fully saturated rings. The van der Waals surface area contributed by atoms with E-state index in [1.54, 1.807) is 0 Å². The molecule has 0 amide bonds. The van der Waals surface area contributed by atoms with Crippen molar-refractivity contribution in [1.82, 2.24) is 19.9 Å². The van der Waals surface area contributed by atoms with Crippen LogP contribution >= 0.6 is 0 Å². The molecule has 0 saturated carbocycles. The number of rotatable bonds is 5. The van der Waals surface area contributed by atoms with Crippen LogP contribution in [0, 0.1) is 0 Å². The fourth-order valence-electron chi connectivity index (χ4n) is 1.41. The number of aromatic amines is 1. The highest BCUT2D eigenvalue weighted by molar-refractivity contribution is 5.69. The molecule has 2 rings (SSSR count). The van der Waals surface area contributed by atoms with E-state index in [0.717, 1.165) is 0 Å². The van der Waals surface area contributed by atoms with Crippen LogP contribution < -0.4 is 5.56 Å². The summed E-state index contributed by atoms with van der Waals surface area (Å²) in [5.74, 6) is -0.0197. The van der Waals surface area contributed by atoms with Crippen molar-refractivity contribution in [1.29, 1.82) is 0 Å². The van der Waals surface area contributed by atoms with E-state index >= 15 is 0 Å². The first-order valence-electron chi connectivity index (χ1n) is 5.55. The van der Waals surface area contributed by atoms with Gasteiger partial charge in [0, 0.05) is 12.4 Å². The average Bonchev–Trinajstić information content (AvgIpc) is 2.43. The predicted octanol–water partition coefficient (Wildman–Crippen LogP) is -0.207. The molecule has 8 heteroatoms. The zero-order valence-electron chi connectivity index (χ0n) is 10.3. The Morgan fingerprint density at radius 3 is 2.95 bits per heavy atom. The van der Waals surface area contributed by atoms with Crippen molar-refractivity contribution in [2.24, 2.45) is 0 Å². The second-order valence-electron chi connectivity index (χ2n) is 3.62. The number of carbonyl (C=O) groups is 1. The van der Waals surface area contributed by atoms with Crippen molar-refractivity contribution >= 4 is 17.1 Å². The highest BCUT2D eigenvalue weighted by atomic mass is 16.5. The Kier molecular flexibility index (Phi) is 4.14. The number of esters is 1. The number of nitrogens with zero attached hydrogens (tertiary/aromatic N) is 3. The quantitative estimate of drug-likeness (QED) is 0.588. The first-order chi connectivity index (χ1) is 9.20. The lowest BCUT2D eigenvalue weighted by Crippen LogP contribution is -2.15. The smallest absolute Gasteiger partial charge is 0.307 e. The van der Waals surface area contributed by atoms with E-state index in [4.69, 9.17) is 4.74 Å². The topological polar surface area (TPSA) is 107 Å². The number of ether oxygens (including phenoxy) is 2. The standard InChI is InChI=1S/C11H12N4O4/c1-18-8(16)2-5-19-6-7-14-10-9(11(17)15-7)12-3-4-13-10/h3-4H,2,5-6H2,1H3,(H,13,14,15,17). The van der Waals surface area contributed by atoms with Crippen LogP contribution in [-0.4, -0.2) is 39.6 Å². The fraction of sp³-hybridized carbons (Fsp3) is 0.364. The summed E-state index contributed by atoms with van der Waals surface area (Å²) >= 11 is 0. The largest absolute Gasteiger partial charge is 0.469 e. The third-order valence-electron chi connectivity index (χ3n) is 2.31. The van der Waals surface area contributed by atoms with Crippen molar-refractivity contribution in [2.45, 2.75) is 13.0 Å².